The second kappa shape index (κ2) is 10.0. The summed E-state index contributed by atoms with van der Waals surface area (Å²) in [6, 6.07) is 9.50. The molecule has 9 heteroatoms. The summed E-state index contributed by atoms with van der Waals surface area (Å²) in [7, 11) is 1.72. The number of aliphatic hydroxyl groups excluding tert-OH is 1. The molecule has 33 heavy (non-hydrogen) atoms. The number of carboxylic acid groups (broad SMARTS) is 1. The smallest absolute Gasteiger partial charge is 0.290 e. The van der Waals surface area contributed by atoms with Crippen molar-refractivity contribution in [2.24, 2.45) is 18.9 Å². The highest BCUT2D eigenvalue weighted by molar-refractivity contribution is 5.97. The average Bonchev–Trinajstić information content (AvgIpc) is 3.24. The van der Waals surface area contributed by atoms with Crippen LogP contribution in [0.25, 0.3) is 10.9 Å². The maximum atomic E-state index is 13.3. The number of likely N-dealkylation sites (tertiary alicyclic amines) is 1. The van der Waals surface area contributed by atoms with Crippen LogP contribution in [-0.2, 0) is 16.6 Å². The van der Waals surface area contributed by atoms with Gasteiger partial charge in [-0.1, -0.05) is 18.2 Å². The first-order valence-electron chi connectivity index (χ1n) is 11.4. The van der Waals surface area contributed by atoms with E-state index in [4.69, 9.17) is 14.6 Å². The minimum atomic E-state index is -0.368. The van der Waals surface area contributed by atoms with E-state index in [1.807, 2.05) is 29.2 Å². The fourth-order valence-electron chi connectivity index (χ4n) is 5.62. The van der Waals surface area contributed by atoms with Gasteiger partial charge in [0.2, 0.25) is 0 Å². The van der Waals surface area contributed by atoms with Gasteiger partial charge in [0, 0.05) is 39.3 Å². The number of aryl methyl sites for hydroxylation is 1. The number of carbonyl (C=O) groups excluding carboxylic acids is 1. The number of aromatic nitrogens is 1. The molecule has 2 saturated heterocycles. The summed E-state index contributed by atoms with van der Waals surface area (Å²) in [5, 5.41) is 18.5. The molecule has 4 atom stereocenters. The quantitative estimate of drug-likeness (QED) is 0.641. The van der Waals surface area contributed by atoms with Crippen LogP contribution < -0.4 is 5.56 Å². The lowest BCUT2D eigenvalue weighted by molar-refractivity contribution is -0.122. The van der Waals surface area contributed by atoms with Crippen LogP contribution in [0, 0.1) is 11.8 Å². The fraction of sp³-hybridized carbons (Fsp3) is 0.542. The Morgan fingerprint density at radius 2 is 1.76 bits per heavy atom. The fourth-order valence-corrected chi connectivity index (χ4v) is 5.62. The normalized spacial score (nSPS) is 27.5. The summed E-state index contributed by atoms with van der Waals surface area (Å²) in [6.45, 7) is 4.17. The molecule has 3 heterocycles. The number of hydrogen-bond donors (Lipinski definition) is 2. The van der Waals surface area contributed by atoms with Gasteiger partial charge in [0.1, 0.15) is 5.56 Å². The molecule has 9 nitrogen and oxygen atoms in total. The summed E-state index contributed by atoms with van der Waals surface area (Å²) < 4.78 is 7.01. The van der Waals surface area contributed by atoms with Crippen LogP contribution in [-0.4, -0.2) is 88.5 Å². The monoisotopic (exact) mass is 457 g/mol. The molecule has 3 aliphatic rings. The second-order valence-corrected chi connectivity index (χ2v) is 9.07. The Bertz CT molecular complexity index is 1060. The molecule has 3 fully saturated rings. The molecule has 0 bridgehead atoms. The zero-order valence-corrected chi connectivity index (χ0v) is 18.8. The molecule has 0 radical (unpaired) electrons. The highest BCUT2D eigenvalue weighted by Crippen LogP contribution is 2.39. The molecule has 5 rings (SSSR count). The van der Waals surface area contributed by atoms with Crippen molar-refractivity contribution in [1.82, 2.24) is 14.4 Å². The van der Waals surface area contributed by atoms with Crippen molar-refractivity contribution in [3.63, 3.8) is 0 Å². The third kappa shape index (κ3) is 4.66. The van der Waals surface area contributed by atoms with Crippen LogP contribution in [0.5, 0.6) is 0 Å². The van der Waals surface area contributed by atoms with Crippen LogP contribution >= 0.6 is 0 Å². The number of para-hydroxylation sites is 1. The van der Waals surface area contributed by atoms with E-state index in [0.29, 0.717) is 44.6 Å². The molecule has 1 aliphatic carbocycles. The highest BCUT2D eigenvalue weighted by atomic mass is 16.5. The molecular formula is C24H31N3O6. The average molecular weight is 458 g/mol. The highest BCUT2D eigenvalue weighted by Gasteiger charge is 2.45. The van der Waals surface area contributed by atoms with Gasteiger partial charge in [0.05, 0.1) is 24.8 Å². The van der Waals surface area contributed by atoms with Gasteiger partial charge in [-0.3, -0.25) is 19.3 Å². The Kier molecular flexibility index (Phi) is 7.11. The van der Waals surface area contributed by atoms with E-state index in [0.717, 1.165) is 30.4 Å². The number of ether oxygens (including phenoxy) is 1. The second-order valence-electron chi connectivity index (χ2n) is 9.07. The van der Waals surface area contributed by atoms with Gasteiger partial charge in [-0.05, 0) is 42.2 Å². The van der Waals surface area contributed by atoms with Crippen molar-refractivity contribution >= 4 is 23.3 Å². The van der Waals surface area contributed by atoms with Crippen LogP contribution in [0.2, 0.25) is 0 Å². The number of morpholine rings is 1. The lowest BCUT2D eigenvalue weighted by Gasteiger charge is -2.43. The van der Waals surface area contributed by atoms with Crippen molar-refractivity contribution < 1.29 is 24.5 Å². The number of fused-ring (bicyclic) bond motifs is 2. The van der Waals surface area contributed by atoms with Crippen LogP contribution in [0.3, 0.4) is 0 Å². The molecule has 1 aromatic heterocycles. The maximum Gasteiger partial charge on any atom is 0.290 e. The number of aliphatic hydroxyl groups is 1. The Morgan fingerprint density at radius 3 is 2.45 bits per heavy atom. The number of hydrogen-bond acceptors (Lipinski definition) is 6. The van der Waals surface area contributed by atoms with E-state index in [1.165, 1.54) is 0 Å². The minimum Gasteiger partial charge on any atom is -0.483 e. The van der Waals surface area contributed by atoms with Gasteiger partial charge < -0.3 is 24.4 Å². The molecule has 2 aromatic rings. The Morgan fingerprint density at radius 1 is 1.12 bits per heavy atom. The number of benzene rings is 1. The molecule has 1 saturated carbocycles. The summed E-state index contributed by atoms with van der Waals surface area (Å²) in [5.41, 5.74) is 0.811. The maximum absolute atomic E-state index is 13.3. The number of amides is 1. The van der Waals surface area contributed by atoms with Crippen LogP contribution in [0.1, 0.15) is 23.2 Å². The Balaban J connectivity index is 0.000000821. The molecule has 0 spiro atoms. The summed E-state index contributed by atoms with van der Waals surface area (Å²) in [4.78, 5) is 38.7. The van der Waals surface area contributed by atoms with Gasteiger partial charge >= 0.3 is 0 Å². The zero-order valence-electron chi connectivity index (χ0n) is 18.8. The predicted octanol–water partition coefficient (Wildman–Crippen LogP) is 0.783. The molecule has 1 amide bonds. The van der Waals surface area contributed by atoms with Crippen molar-refractivity contribution in [3.05, 3.63) is 46.2 Å². The SMILES string of the molecule is Cn1c(=O)c(C(=O)N2C[C@H]3C[C@@H](N4CCOCC4)[C@H](O)C[C@H]3C2)cc2ccccc21.O=CO. The molecule has 2 N–H and O–H groups in total. The van der Waals surface area contributed by atoms with E-state index >= 15 is 0 Å². The van der Waals surface area contributed by atoms with E-state index in [2.05, 4.69) is 4.90 Å². The Labute approximate surface area is 192 Å². The van der Waals surface area contributed by atoms with Gasteiger partial charge in [0.15, 0.2) is 0 Å². The number of carbonyl (C=O) groups is 2. The van der Waals surface area contributed by atoms with E-state index in [-0.39, 0.29) is 35.6 Å². The summed E-state index contributed by atoms with van der Waals surface area (Å²) >= 11 is 0. The first-order valence-corrected chi connectivity index (χ1v) is 11.4. The van der Waals surface area contributed by atoms with E-state index in [9.17, 15) is 14.7 Å². The van der Waals surface area contributed by atoms with Crippen molar-refractivity contribution in [2.45, 2.75) is 25.0 Å². The van der Waals surface area contributed by atoms with Crippen molar-refractivity contribution in [1.29, 1.82) is 0 Å². The number of pyridine rings is 1. The van der Waals surface area contributed by atoms with Crippen LogP contribution in [0.15, 0.2) is 35.1 Å². The van der Waals surface area contributed by atoms with Crippen molar-refractivity contribution in [3.8, 4) is 0 Å². The van der Waals surface area contributed by atoms with Gasteiger partial charge in [-0.15, -0.1) is 0 Å². The Hall–Kier alpha value is -2.75. The lowest BCUT2D eigenvalue weighted by atomic mass is 9.77. The minimum absolute atomic E-state index is 0.138. The molecule has 2 aliphatic heterocycles. The molecule has 178 valence electrons. The number of nitrogens with zero attached hydrogens (tertiary/aromatic N) is 3. The van der Waals surface area contributed by atoms with Gasteiger partial charge in [-0.25, -0.2) is 0 Å². The van der Waals surface area contributed by atoms with Gasteiger partial charge in [-0.2, -0.15) is 0 Å². The van der Waals surface area contributed by atoms with E-state index in [1.54, 1.807) is 17.7 Å². The number of rotatable bonds is 2. The molecule has 1 aromatic carbocycles. The third-order valence-electron chi connectivity index (χ3n) is 7.27. The molecular weight excluding hydrogens is 426 g/mol. The summed E-state index contributed by atoms with van der Waals surface area (Å²) in [5.74, 6) is 0.480. The molecule has 0 unspecified atom stereocenters. The topological polar surface area (TPSA) is 112 Å². The largest absolute Gasteiger partial charge is 0.483 e. The predicted molar refractivity (Wildman–Crippen MR) is 122 cm³/mol. The summed E-state index contributed by atoms with van der Waals surface area (Å²) in [6.07, 6.45) is 1.24. The first kappa shape index (κ1) is 23.4. The van der Waals surface area contributed by atoms with Gasteiger partial charge in [0.25, 0.3) is 17.9 Å². The zero-order chi connectivity index (χ0) is 23.5. The van der Waals surface area contributed by atoms with E-state index < -0.39 is 0 Å². The van der Waals surface area contributed by atoms with Crippen molar-refractivity contribution in [2.75, 3.05) is 39.4 Å². The lowest BCUT2D eigenvalue weighted by Crippen LogP contribution is -2.53. The standard InChI is InChI=1S/C23H29N3O4.CH2O2/c1-24-19-5-3-2-4-15(19)10-18(22(24)28)23(29)26-13-16-11-20(21(27)12-17(16)14-26)25-6-8-30-9-7-25;2-1-3/h2-5,10,16-17,20-21,27H,6-9,11-14H2,1H3;1H,(H,2,3)/t16-,17+,20-,21-;/m1./s1. The van der Waals surface area contributed by atoms with Crippen LogP contribution in [0.4, 0.5) is 0 Å². The third-order valence-corrected chi connectivity index (χ3v) is 7.27. The first-order chi connectivity index (χ1) is 15.9.